The first kappa shape index (κ1) is 17.6. The third-order valence-electron chi connectivity index (χ3n) is 3.15. The summed E-state index contributed by atoms with van der Waals surface area (Å²) in [6, 6.07) is 6.03. The lowest BCUT2D eigenvalue weighted by Gasteiger charge is -2.16. The molecule has 0 saturated heterocycles. The van der Waals surface area contributed by atoms with Crippen LogP contribution in [-0.2, 0) is 9.53 Å². The second kappa shape index (κ2) is 8.77. The topological polar surface area (TPSA) is 69.4 Å². The molecule has 0 bridgehead atoms. The summed E-state index contributed by atoms with van der Waals surface area (Å²) in [7, 11) is 0. The van der Waals surface area contributed by atoms with Crippen molar-refractivity contribution in [2.45, 2.75) is 32.1 Å². The van der Waals surface area contributed by atoms with Crippen LogP contribution in [0.5, 0.6) is 0 Å². The molecule has 5 nitrogen and oxygen atoms in total. The number of hydrogen-bond acceptors (Lipinski definition) is 4. The standard InChI is InChI=1S/C17H21NO4/c1-4-5-6-7-16(17(19)22-12-13(2)3)14-8-10-15(11-9-14)18(20)21/h4,8-11,16H,1-2,5-7,12H2,3H3. The quantitative estimate of drug-likeness (QED) is 0.226. The van der Waals surface area contributed by atoms with Gasteiger partial charge in [0.1, 0.15) is 6.61 Å². The maximum absolute atomic E-state index is 12.2. The molecule has 1 rings (SSSR count). The largest absolute Gasteiger partial charge is 0.461 e. The Bertz CT molecular complexity index is 548. The molecule has 0 aliphatic heterocycles. The molecule has 1 aromatic carbocycles. The van der Waals surface area contributed by atoms with Crippen molar-refractivity contribution >= 4 is 11.7 Å². The van der Waals surface area contributed by atoms with E-state index in [0.29, 0.717) is 6.42 Å². The van der Waals surface area contributed by atoms with Crippen LogP contribution in [0.15, 0.2) is 49.1 Å². The Morgan fingerprint density at radius 1 is 1.41 bits per heavy atom. The Hall–Kier alpha value is -2.43. The third kappa shape index (κ3) is 5.52. The molecule has 0 aromatic heterocycles. The maximum atomic E-state index is 12.2. The fourth-order valence-electron chi connectivity index (χ4n) is 2.01. The third-order valence-corrected chi connectivity index (χ3v) is 3.15. The van der Waals surface area contributed by atoms with Gasteiger partial charge in [0.15, 0.2) is 0 Å². The van der Waals surface area contributed by atoms with Crippen LogP contribution >= 0.6 is 0 Å². The van der Waals surface area contributed by atoms with Gasteiger partial charge in [0.25, 0.3) is 5.69 Å². The van der Waals surface area contributed by atoms with Gasteiger partial charge < -0.3 is 4.74 Å². The zero-order chi connectivity index (χ0) is 16.5. The summed E-state index contributed by atoms with van der Waals surface area (Å²) < 4.78 is 5.23. The molecule has 0 N–H and O–H groups in total. The van der Waals surface area contributed by atoms with E-state index < -0.39 is 10.8 Å². The first-order valence-electron chi connectivity index (χ1n) is 7.12. The van der Waals surface area contributed by atoms with E-state index in [-0.39, 0.29) is 18.3 Å². The second-order valence-corrected chi connectivity index (χ2v) is 5.19. The smallest absolute Gasteiger partial charge is 0.313 e. The molecule has 0 aliphatic carbocycles. The minimum Gasteiger partial charge on any atom is -0.461 e. The van der Waals surface area contributed by atoms with Crippen LogP contribution in [0.3, 0.4) is 0 Å². The van der Waals surface area contributed by atoms with Crippen LogP contribution in [0.1, 0.15) is 37.7 Å². The molecule has 0 spiro atoms. The maximum Gasteiger partial charge on any atom is 0.313 e. The number of carbonyl (C=O) groups is 1. The number of allylic oxidation sites excluding steroid dienone is 1. The average molecular weight is 303 g/mol. The van der Waals surface area contributed by atoms with Crippen molar-refractivity contribution in [3.05, 3.63) is 64.8 Å². The van der Waals surface area contributed by atoms with Crippen molar-refractivity contribution in [3.8, 4) is 0 Å². The molecular formula is C17H21NO4. The number of carbonyl (C=O) groups excluding carboxylic acids is 1. The summed E-state index contributed by atoms with van der Waals surface area (Å²) in [6.45, 7) is 9.33. The van der Waals surface area contributed by atoms with E-state index in [4.69, 9.17) is 4.74 Å². The number of nitro groups is 1. The SMILES string of the molecule is C=CCCCC(C(=O)OCC(=C)C)c1ccc([N+](=O)[O-])cc1. The Kier molecular flexibility index (Phi) is 7.02. The molecule has 0 radical (unpaired) electrons. The van der Waals surface area contributed by atoms with Gasteiger partial charge in [0.05, 0.1) is 10.8 Å². The number of unbranched alkanes of at least 4 members (excludes halogenated alkanes) is 1. The molecular weight excluding hydrogens is 282 g/mol. The van der Waals surface area contributed by atoms with Crippen molar-refractivity contribution in [1.29, 1.82) is 0 Å². The highest BCUT2D eigenvalue weighted by atomic mass is 16.6. The highest BCUT2D eigenvalue weighted by Gasteiger charge is 2.22. The Labute approximate surface area is 130 Å². The van der Waals surface area contributed by atoms with E-state index in [1.807, 2.05) is 0 Å². The van der Waals surface area contributed by atoms with Gasteiger partial charge in [-0.25, -0.2) is 0 Å². The van der Waals surface area contributed by atoms with Gasteiger partial charge in [-0.1, -0.05) is 24.8 Å². The Morgan fingerprint density at radius 2 is 2.05 bits per heavy atom. The van der Waals surface area contributed by atoms with Crippen molar-refractivity contribution in [2.24, 2.45) is 0 Å². The summed E-state index contributed by atoms with van der Waals surface area (Å²) in [5.74, 6) is -0.763. The lowest BCUT2D eigenvalue weighted by atomic mass is 9.93. The number of hydrogen-bond donors (Lipinski definition) is 0. The number of rotatable bonds is 9. The molecule has 0 fully saturated rings. The van der Waals surface area contributed by atoms with Gasteiger partial charge in [-0.15, -0.1) is 6.58 Å². The molecule has 1 aromatic rings. The van der Waals surface area contributed by atoms with E-state index in [2.05, 4.69) is 13.2 Å². The van der Waals surface area contributed by atoms with Gasteiger partial charge in [-0.05, 0) is 37.3 Å². The Morgan fingerprint density at radius 3 is 2.55 bits per heavy atom. The minimum absolute atomic E-state index is 0.00361. The van der Waals surface area contributed by atoms with Crippen LogP contribution in [-0.4, -0.2) is 17.5 Å². The van der Waals surface area contributed by atoms with Crippen LogP contribution in [0.2, 0.25) is 0 Å². The van der Waals surface area contributed by atoms with Gasteiger partial charge in [0.2, 0.25) is 0 Å². The molecule has 0 saturated carbocycles. The van der Waals surface area contributed by atoms with E-state index in [0.717, 1.165) is 24.0 Å². The molecule has 22 heavy (non-hydrogen) atoms. The number of nitro benzene ring substituents is 1. The molecule has 0 amide bonds. The summed E-state index contributed by atoms with van der Waals surface area (Å²) in [5.41, 5.74) is 1.49. The van der Waals surface area contributed by atoms with Crippen molar-refractivity contribution in [3.63, 3.8) is 0 Å². The lowest BCUT2D eigenvalue weighted by molar-refractivity contribution is -0.384. The monoisotopic (exact) mass is 303 g/mol. The lowest BCUT2D eigenvalue weighted by Crippen LogP contribution is -2.17. The fraction of sp³-hybridized carbons (Fsp3) is 0.353. The number of esters is 1. The highest BCUT2D eigenvalue weighted by Crippen LogP contribution is 2.26. The summed E-state index contributed by atoms with van der Waals surface area (Å²) in [5, 5.41) is 10.7. The molecule has 1 unspecified atom stereocenters. The molecule has 118 valence electrons. The van der Waals surface area contributed by atoms with E-state index >= 15 is 0 Å². The highest BCUT2D eigenvalue weighted by molar-refractivity contribution is 5.78. The molecule has 0 aliphatic rings. The zero-order valence-electron chi connectivity index (χ0n) is 12.8. The van der Waals surface area contributed by atoms with Gasteiger partial charge in [-0.2, -0.15) is 0 Å². The Balaban J connectivity index is 2.87. The van der Waals surface area contributed by atoms with Crippen molar-refractivity contribution in [2.75, 3.05) is 6.61 Å². The van der Waals surface area contributed by atoms with Crippen molar-refractivity contribution < 1.29 is 14.5 Å². The number of benzene rings is 1. The van der Waals surface area contributed by atoms with Crippen molar-refractivity contribution in [1.82, 2.24) is 0 Å². The summed E-state index contributed by atoms with van der Waals surface area (Å²) >= 11 is 0. The van der Waals surface area contributed by atoms with E-state index in [1.54, 1.807) is 25.1 Å². The second-order valence-electron chi connectivity index (χ2n) is 5.19. The van der Waals surface area contributed by atoms with Crippen LogP contribution in [0.25, 0.3) is 0 Å². The van der Waals surface area contributed by atoms with Crippen LogP contribution in [0, 0.1) is 10.1 Å². The zero-order valence-corrected chi connectivity index (χ0v) is 12.8. The number of nitrogens with zero attached hydrogens (tertiary/aromatic N) is 1. The normalized spacial score (nSPS) is 11.5. The number of non-ortho nitro benzene ring substituents is 1. The summed E-state index contributed by atoms with van der Waals surface area (Å²) in [4.78, 5) is 22.5. The summed E-state index contributed by atoms with van der Waals surface area (Å²) in [6.07, 6.45) is 4.01. The molecule has 5 heteroatoms. The van der Waals surface area contributed by atoms with Gasteiger partial charge in [-0.3, -0.25) is 14.9 Å². The predicted octanol–water partition coefficient (Wildman–Crippen LogP) is 4.15. The number of ether oxygens (including phenoxy) is 1. The average Bonchev–Trinajstić information content (AvgIpc) is 2.49. The minimum atomic E-state index is -0.462. The first-order chi connectivity index (χ1) is 10.5. The molecule has 1 atom stereocenters. The predicted molar refractivity (Wildman–Crippen MR) is 85.7 cm³/mol. The van der Waals surface area contributed by atoms with E-state index in [9.17, 15) is 14.9 Å². The van der Waals surface area contributed by atoms with E-state index in [1.165, 1.54) is 12.1 Å². The van der Waals surface area contributed by atoms with Gasteiger partial charge in [0, 0.05) is 12.1 Å². The van der Waals surface area contributed by atoms with Crippen LogP contribution in [0.4, 0.5) is 5.69 Å². The van der Waals surface area contributed by atoms with Crippen LogP contribution < -0.4 is 0 Å². The van der Waals surface area contributed by atoms with Gasteiger partial charge >= 0.3 is 5.97 Å². The first-order valence-corrected chi connectivity index (χ1v) is 7.12. The molecule has 0 heterocycles. The fourth-order valence-corrected chi connectivity index (χ4v) is 2.01.